The van der Waals surface area contributed by atoms with Gasteiger partial charge in [0.2, 0.25) is 11.8 Å². The van der Waals surface area contributed by atoms with Crippen LogP contribution in [-0.4, -0.2) is 58.2 Å². The second kappa shape index (κ2) is 12.1. The predicted octanol–water partition coefficient (Wildman–Crippen LogP) is 5.54. The SMILES string of the molecule is O=C(O)CC(C[C@@H]1CCCCO1)C(=O)N(c1nc(-c2ccccc2-c2ccc(N3CCCC3=O)nc2)cs1)C1CC1. The van der Waals surface area contributed by atoms with Crippen LogP contribution in [0.2, 0.25) is 0 Å². The summed E-state index contributed by atoms with van der Waals surface area (Å²) >= 11 is 1.41. The lowest BCUT2D eigenvalue weighted by Gasteiger charge is -2.29. The summed E-state index contributed by atoms with van der Waals surface area (Å²) in [5, 5.41) is 12.2. The molecule has 1 N–H and O–H groups in total. The van der Waals surface area contributed by atoms with E-state index in [2.05, 4.69) is 4.98 Å². The van der Waals surface area contributed by atoms with Crippen LogP contribution in [0.5, 0.6) is 0 Å². The first-order valence-corrected chi connectivity index (χ1v) is 15.3. The summed E-state index contributed by atoms with van der Waals surface area (Å²) in [6.07, 6.45) is 7.98. The van der Waals surface area contributed by atoms with E-state index in [1.165, 1.54) is 11.3 Å². The number of aromatic nitrogens is 2. The van der Waals surface area contributed by atoms with Gasteiger partial charge in [-0.25, -0.2) is 9.97 Å². The zero-order chi connectivity index (χ0) is 28.3. The van der Waals surface area contributed by atoms with Gasteiger partial charge < -0.3 is 9.84 Å². The Balaban J connectivity index is 1.25. The molecule has 10 heteroatoms. The second-order valence-corrected chi connectivity index (χ2v) is 11.9. The van der Waals surface area contributed by atoms with E-state index in [1.807, 2.05) is 41.8 Å². The number of carboxylic acid groups (broad SMARTS) is 1. The maximum Gasteiger partial charge on any atom is 0.304 e. The molecule has 41 heavy (non-hydrogen) atoms. The Morgan fingerprint density at radius 3 is 2.59 bits per heavy atom. The molecule has 0 radical (unpaired) electrons. The van der Waals surface area contributed by atoms with Crippen molar-refractivity contribution in [3.05, 3.63) is 48.0 Å². The molecule has 2 aromatic heterocycles. The number of pyridine rings is 1. The smallest absolute Gasteiger partial charge is 0.304 e. The van der Waals surface area contributed by atoms with Crippen LogP contribution in [-0.2, 0) is 19.1 Å². The predicted molar refractivity (Wildman–Crippen MR) is 157 cm³/mol. The van der Waals surface area contributed by atoms with E-state index in [9.17, 15) is 19.5 Å². The normalized spacial score (nSPS) is 19.8. The highest BCUT2D eigenvalue weighted by Crippen LogP contribution is 2.40. The number of rotatable bonds is 10. The number of carbonyl (C=O) groups excluding carboxylic acids is 2. The van der Waals surface area contributed by atoms with Gasteiger partial charge in [0.1, 0.15) is 5.82 Å². The van der Waals surface area contributed by atoms with Gasteiger partial charge in [-0.15, -0.1) is 11.3 Å². The molecule has 3 fully saturated rings. The van der Waals surface area contributed by atoms with Crippen molar-refractivity contribution in [2.24, 2.45) is 5.92 Å². The summed E-state index contributed by atoms with van der Waals surface area (Å²) in [7, 11) is 0. The van der Waals surface area contributed by atoms with Crippen LogP contribution in [0.15, 0.2) is 48.0 Å². The molecule has 3 aliphatic rings. The van der Waals surface area contributed by atoms with Crippen LogP contribution in [0.4, 0.5) is 10.9 Å². The fraction of sp³-hybridized carbons (Fsp3) is 0.452. The minimum Gasteiger partial charge on any atom is -0.481 e. The molecule has 214 valence electrons. The number of carboxylic acids is 1. The van der Waals surface area contributed by atoms with Gasteiger partial charge in [-0.2, -0.15) is 0 Å². The number of amides is 2. The topological polar surface area (TPSA) is 113 Å². The number of benzene rings is 1. The van der Waals surface area contributed by atoms with E-state index in [-0.39, 0.29) is 30.4 Å². The maximum absolute atomic E-state index is 13.9. The van der Waals surface area contributed by atoms with Crippen LogP contribution in [0, 0.1) is 5.92 Å². The van der Waals surface area contributed by atoms with Crippen molar-refractivity contribution in [2.45, 2.75) is 69.9 Å². The van der Waals surface area contributed by atoms with Gasteiger partial charge in [0.15, 0.2) is 5.13 Å². The number of carbonyl (C=O) groups is 3. The molecular formula is C31H34N4O5S. The minimum atomic E-state index is -0.975. The van der Waals surface area contributed by atoms with Crippen LogP contribution >= 0.6 is 11.3 Å². The molecule has 2 atom stereocenters. The number of hydrogen-bond donors (Lipinski definition) is 1. The summed E-state index contributed by atoms with van der Waals surface area (Å²) in [5.74, 6) is -1.03. The fourth-order valence-corrected chi connectivity index (χ4v) is 6.71. The highest BCUT2D eigenvalue weighted by molar-refractivity contribution is 7.14. The van der Waals surface area contributed by atoms with Gasteiger partial charge >= 0.3 is 5.97 Å². The van der Waals surface area contributed by atoms with Gasteiger partial charge in [-0.3, -0.25) is 24.2 Å². The third-order valence-electron chi connectivity index (χ3n) is 8.05. The van der Waals surface area contributed by atoms with Gasteiger partial charge in [-0.05, 0) is 62.6 Å². The molecule has 1 aliphatic carbocycles. The molecule has 2 saturated heterocycles. The third-order valence-corrected chi connectivity index (χ3v) is 8.89. The van der Waals surface area contributed by atoms with Gasteiger partial charge in [-0.1, -0.05) is 24.3 Å². The minimum absolute atomic E-state index is 0.0466. The monoisotopic (exact) mass is 574 g/mol. The van der Waals surface area contributed by atoms with Crippen LogP contribution in [0.25, 0.3) is 22.4 Å². The zero-order valence-corrected chi connectivity index (χ0v) is 23.7. The maximum atomic E-state index is 13.9. The Hall–Kier alpha value is -3.63. The Kier molecular flexibility index (Phi) is 8.11. The Morgan fingerprint density at radius 2 is 1.93 bits per heavy atom. The second-order valence-electron chi connectivity index (χ2n) is 11.1. The first kappa shape index (κ1) is 27.5. The van der Waals surface area contributed by atoms with E-state index in [0.717, 1.165) is 60.9 Å². The van der Waals surface area contributed by atoms with E-state index >= 15 is 0 Å². The van der Waals surface area contributed by atoms with Crippen molar-refractivity contribution in [2.75, 3.05) is 23.0 Å². The van der Waals surface area contributed by atoms with Gasteiger partial charge in [0.25, 0.3) is 0 Å². The lowest BCUT2D eigenvalue weighted by molar-refractivity contribution is -0.141. The van der Waals surface area contributed by atoms with Crippen molar-refractivity contribution >= 4 is 40.1 Å². The van der Waals surface area contributed by atoms with Crippen LogP contribution < -0.4 is 9.80 Å². The largest absolute Gasteiger partial charge is 0.481 e. The van der Waals surface area contributed by atoms with E-state index in [0.29, 0.717) is 36.9 Å². The average molecular weight is 575 g/mol. The number of nitrogens with zero attached hydrogens (tertiary/aromatic N) is 4. The van der Waals surface area contributed by atoms with Gasteiger partial charge in [0, 0.05) is 48.3 Å². The molecule has 3 aromatic rings. The molecule has 2 amide bonds. The Labute approximate surface area is 243 Å². The molecule has 1 unspecified atom stereocenters. The number of hydrogen-bond acceptors (Lipinski definition) is 7. The third kappa shape index (κ3) is 6.18. The fourth-order valence-electron chi connectivity index (χ4n) is 5.80. The summed E-state index contributed by atoms with van der Waals surface area (Å²) in [6, 6.07) is 11.8. The molecule has 0 spiro atoms. The number of ether oxygens (including phenoxy) is 1. The summed E-state index contributed by atoms with van der Waals surface area (Å²) in [4.78, 5) is 50.7. The van der Waals surface area contributed by atoms with Crippen LogP contribution in [0.3, 0.4) is 0 Å². The zero-order valence-electron chi connectivity index (χ0n) is 22.9. The van der Waals surface area contributed by atoms with Crippen LogP contribution in [0.1, 0.15) is 57.8 Å². The highest BCUT2D eigenvalue weighted by Gasteiger charge is 2.40. The van der Waals surface area contributed by atoms with Crippen molar-refractivity contribution in [3.8, 4) is 22.4 Å². The molecular weight excluding hydrogens is 540 g/mol. The van der Waals surface area contributed by atoms with E-state index in [1.54, 1.807) is 16.0 Å². The molecule has 0 bridgehead atoms. The number of thiazole rings is 1. The first-order chi connectivity index (χ1) is 20.0. The summed E-state index contributed by atoms with van der Waals surface area (Å²) in [6.45, 7) is 1.36. The first-order valence-electron chi connectivity index (χ1n) is 14.5. The van der Waals surface area contributed by atoms with E-state index in [4.69, 9.17) is 9.72 Å². The number of anilines is 2. The highest BCUT2D eigenvalue weighted by atomic mass is 32.1. The quantitative estimate of drug-likeness (QED) is 0.338. The molecule has 6 rings (SSSR count). The van der Waals surface area contributed by atoms with Crippen molar-refractivity contribution < 1.29 is 24.2 Å². The lowest BCUT2D eigenvalue weighted by Crippen LogP contribution is -2.40. The average Bonchev–Trinajstić information content (AvgIpc) is 3.53. The molecule has 1 saturated carbocycles. The molecule has 9 nitrogen and oxygen atoms in total. The molecule has 4 heterocycles. The van der Waals surface area contributed by atoms with Gasteiger partial charge in [0.05, 0.1) is 24.1 Å². The lowest BCUT2D eigenvalue weighted by atomic mass is 9.93. The Morgan fingerprint density at radius 1 is 1.10 bits per heavy atom. The number of aliphatic carboxylic acids is 1. The van der Waals surface area contributed by atoms with Crippen molar-refractivity contribution in [1.29, 1.82) is 0 Å². The standard InChI is InChI=1S/C31H34N4O5S/c36-28-9-5-14-34(28)27-13-10-20(18-32-27)24-7-1-2-8-25(24)26-19-41-31(33-26)35(22-11-12-22)30(39)21(17-29(37)38)16-23-6-3-4-15-40-23/h1-2,7-8,10,13,18-19,21-23H,3-6,9,11-12,14-17H2,(H,37,38)/t21?,23-/m0/s1. The molecule has 2 aliphatic heterocycles. The summed E-state index contributed by atoms with van der Waals surface area (Å²) < 4.78 is 5.86. The van der Waals surface area contributed by atoms with Crippen molar-refractivity contribution in [1.82, 2.24) is 9.97 Å². The molecule has 1 aromatic carbocycles. The summed E-state index contributed by atoms with van der Waals surface area (Å²) in [5.41, 5.74) is 3.54. The Bertz CT molecular complexity index is 1410. The van der Waals surface area contributed by atoms with E-state index < -0.39 is 11.9 Å². The van der Waals surface area contributed by atoms with Crippen molar-refractivity contribution in [3.63, 3.8) is 0 Å².